The Morgan fingerprint density at radius 1 is 1.06 bits per heavy atom. The molecule has 0 radical (unpaired) electrons. The van der Waals surface area contributed by atoms with Crippen LogP contribution in [0.5, 0.6) is 5.75 Å². The predicted octanol–water partition coefficient (Wildman–Crippen LogP) is 4.77. The first-order valence-electron chi connectivity index (χ1n) is 10.3. The summed E-state index contributed by atoms with van der Waals surface area (Å²) < 4.78 is 34.1. The fraction of sp³-hybridized carbons (Fsp3) is 0.160. The largest absolute Gasteiger partial charge is 0.507 e. The van der Waals surface area contributed by atoms with Crippen LogP contribution in [-0.2, 0) is 9.59 Å². The number of ketones is 1. The van der Waals surface area contributed by atoms with Gasteiger partial charge in [0, 0.05) is 24.0 Å². The summed E-state index contributed by atoms with van der Waals surface area (Å²) >= 11 is 0. The van der Waals surface area contributed by atoms with Crippen LogP contribution in [0.3, 0.4) is 0 Å². The average molecular weight is 450 g/mol. The van der Waals surface area contributed by atoms with Crippen LogP contribution in [0.4, 0.5) is 14.5 Å². The maximum atomic E-state index is 14.6. The summed E-state index contributed by atoms with van der Waals surface area (Å²) in [7, 11) is 0. The van der Waals surface area contributed by atoms with Crippen molar-refractivity contribution in [1.29, 1.82) is 0 Å². The van der Waals surface area contributed by atoms with Gasteiger partial charge in [0.2, 0.25) is 0 Å². The lowest BCUT2D eigenvalue weighted by atomic mass is 9.95. The fourth-order valence-electron chi connectivity index (χ4n) is 3.70. The van der Waals surface area contributed by atoms with E-state index in [-0.39, 0.29) is 11.1 Å². The Morgan fingerprint density at radius 2 is 1.76 bits per heavy atom. The molecule has 33 heavy (non-hydrogen) atoms. The lowest BCUT2D eigenvalue weighted by Crippen LogP contribution is -2.30. The van der Waals surface area contributed by atoms with E-state index in [0.29, 0.717) is 17.9 Å². The topological polar surface area (TPSA) is 79.7 Å². The first kappa shape index (κ1) is 22.1. The van der Waals surface area contributed by atoms with Crippen LogP contribution in [-0.4, -0.2) is 28.4 Å². The Hall–Kier alpha value is -4.07. The molecule has 168 valence electrons. The van der Waals surface area contributed by atoms with E-state index in [1.54, 1.807) is 24.3 Å². The zero-order valence-corrected chi connectivity index (χ0v) is 17.7. The molecule has 0 bridgehead atoms. The molecule has 1 saturated heterocycles. The lowest BCUT2D eigenvalue weighted by Gasteiger charge is -2.25. The number of carbonyl (C=O) groups excluding carboxylic acids is 2. The summed E-state index contributed by atoms with van der Waals surface area (Å²) in [4.78, 5) is 30.8. The molecule has 6 nitrogen and oxygen atoms in total. The van der Waals surface area contributed by atoms with Crippen LogP contribution in [0.1, 0.15) is 30.5 Å². The van der Waals surface area contributed by atoms with E-state index in [0.717, 1.165) is 29.5 Å². The molecule has 0 saturated carbocycles. The number of halogens is 2. The molecule has 1 aromatic heterocycles. The van der Waals surface area contributed by atoms with Crippen molar-refractivity contribution >= 4 is 23.1 Å². The Labute approximate surface area is 188 Å². The highest BCUT2D eigenvalue weighted by Gasteiger charge is 2.47. The van der Waals surface area contributed by atoms with Crippen molar-refractivity contribution in [1.82, 2.24) is 4.98 Å². The molecule has 4 rings (SSSR count). The number of amides is 1. The number of pyridine rings is 1. The summed E-state index contributed by atoms with van der Waals surface area (Å²) in [6.45, 7) is 2.50. The van der Waals surface area contributed by atoms with Gasteiger partial charge in [-0.25, -0.2) is 8.78 Å². The molecule has 8 heteroatoms. The number of anilines is 1. The monoisotopic (exact) mass is 450 g/mol. The average Bonchev–Trinajstić information content (AvgIpc) is 3.10. The number of hydrogen-bond acceptors (Lipinski definition) is 5. The minimum absolute atomic E-state index is 0.239. The fourth-order valence-corrected chi connectivity index (χ4v) is 3.70. The Bertz CT molecular complexity index is 1230. The Morgan fingerprint density at radius 3 is 2.42 bits per heavy atom. The van der Waals surface area contributed by atoms with Gasteiger partial charge in [-0.2, -0.15) is 0 Å². The van der Waals surface area contributed by atoms with Crippen LogP contribution in [0, 0.1) is 11.6 Å². The van der Waals surface area contributed by atoms with Crippen LogP contribution >= 0.6 is 0 Å². The van der Waals surface area contributed by atoms with Crippen LogP contribution in [0.15, 0.2) is 72.6 Å². The molecule has 2 aromatic carbocycles. The zero-order chi connectivity index (χ0) is 23.5. The smallest absolute Gasteiger partial charge is 0.300 e. The van der Waals surface area contributed by atoms with Crippen molar-refractivity contribution in [3.8, 4) is 5.75 Å². The van der Waals surface area contributed by atoms with Gasteiger partial charge in [0.1, 0.15) is 23.1 Å². The van der Waals surface area contributed by atoms with Crippen molar-refractivity contribution in [2.24, 2.45) is 0 Å². The number of carbonyl (C=O) groups is 2. The van der Waals surface area contributed by atoms with E-state index in [1.165, 1.54) is 24.5 Å². The number of aliphatic hydroxyl groups is 1. The highest BCUT2D eigenvalue weighted by Crippen LogP contribution is 2.43. The van der Waals surface area contributed by atoms with Crippen molar-refractivity contribution < 1.29 is 28.2 Å². The van der Waals surface area contributed by atoms with Crippen molar-refractivity contribution in [3.63, 3.8) is 0 Å². The maximum absolute atomic E-state index is 14.6. The summed E-state index contributed by atoms with van der Waals surface area (Å²) in [6, 6.07) is 10.9. The molecule has 2 heterocycles. The molecular weight excluding hydrogens is 430 g/mol. The molecule has 1 amide bonds. The zero-order valence-electron chi connectivity index (χ0n) is 17.7. The van der Waals surface area contributed by atoms with E-state index in [4.69, 9.17) is 4.74 Å². The Kier molecular flexibility index (Phi) is 6.17. The van der Waals surface area contributed by atoms with Gasteiger partial charge in [0.25, 0.3) is 11.7 Å². The Balaban J connectivity index is 1.86. The third-order valence-corrected chi connectivity index (χ3v) is 5.23. The van der Waals surface area contributed by atoms with Gasteiger partial charge < -0.3 is 9.84 Å². The predicted molar refractivity (Wildman–Crippen MR) is 118 cm³/mol. The van der Waals surface area contributed by atoms with Crippen LogP contribution in [0.25, 0.3) is 5.76 Å². The van der Waals surface area contributed by atoms with Gasteiger partial charge in [0.05, 0.1) is 23.9 Å². The molecule has 0 spiro atoms. The molecule has 3 aromatic rings. The van der Waals surface area contributed by atoms with E-state index < -0.39 is 40.8 Å². The van der Waals surface area contributed by atoms with E-state index in [2.05, 4.69) is 4.98 Å². The molecule has 1 unspecified atom stereocenters. The lowest BCUT2D eigenvalue weighted by molar-refractivity contribution is -0.132. The molecule has 1 fully saturated rings. The van der Waals surface area contributed by atoms with Crippen LogP contribution < -0.4 is 9.64 Å². The second-order valence-corrected chi connectivity index (χ2v) is 7.42. The normalized spacial score (nSPS) is 17.4. The number of nitrogens with zero attached hydrogens (tertiary/aromatic N) is 2. The van der Waals surface area contributed by atoms with Crippen molar-refractivity contribution in [2.75, 3.05) is 11.5 Å². The SMILES string of the molecule is CCCOc1ccc(/C(O)=C2\C(=O)C(=O)N(c3cc(F)ccc3F)C2c2ccncc2)cc1. The first-order chi connectivity index (χ1) is 15.9. The minimum atomic E-state index is -1.18. The second-order valence-electron chi connectivity index (χ2n) is 7.42. The highest BCUT2D eigenvalue weighted by molar-refractivity contribution is 6.51. The van der Waals surface area contributed by atoms with Crippen LogP contribution in [0.2, 0.25) is 0 Å². The van der Waals surface area contributed by atoms with Gasteiger partial charge in [-0.05, 0) is 60.5 Å². The molecule has 1 aliphatic heterocycles. The summed E-state index contributed by atoms with van der Waals surface area (Å²) in [5.41, 5.74) is 0.0336. The highest BCUT2D eigenvalue weighted by atomic mass is 19.1. The third-order valence-electron chi connectivity index (χ3n) is 5.23. The standard InChI is InChI=1S/C25H20F2N2O4/c1-2-13-33-18-6-3-16(4-7-18)23(30)21-22(15-9-11-28-12-10-15)29(25(32)24(21)31)20-14-17(26)5-8-19(20)27/h3-12,14,22,30H,2,13H2,1H3/b23-21+. The minimum Gasteiger partial charge on any atom is -0.507 e. The second kappa shape index (κ2) is 9.20. The third kappa shape index (κ3) is 4.19. The van der Waals surface area contributed by atoms with Crippen molar-refractivity contribution in [2.45, 2.75) is 19.4 Å². The number of ether oxygens (including phenoxy) is 1. The van der Waals surface area contributed by atoms with Gasteiger partial charge in [0.15, 0.2) is 0 Å². The quantitative estimate of drug-likeness (QED) is 0.332. The van der Waals surface area contributed by atoms with Gasteiger partial charge in [-0.3, -0.25) is 19.5 Å². The summed E-state index contributed by atoms with van der Waals surface area (Å²) in [6.07, 6.45) is 3.71. The number of Topliss-reactive ketones (excluding diaryl/α,β-unsaturated/α-hetero) is 1. The van der Waals surface area contributed by atoms with Gasteiger partial charge >= 0.3 is 0 Å². The van der Waals surface area contributed by atoms with E-state index >= 15 is 0 Å². The number of aromatic nitrogens is 1. The maximum Gasteiger partial charge on any atom is 0.300 e. The number of rotatable bonds is 6. The van der Waals surface area contributed by atoms with E-state index in [1.807, 2.05) is 6.92 Å². The molecular formula is C25H20F2N2O4. The molecule has 1 aliphatic rings. The molecule has 1 atom stereocenters. The number of hydrogen-bond donors (Lipinski definition) is 1. The molecule has 0 aliphatic carbocycles. The van der Waals surface area contributed by atoms with Gasteiger partial charge in [-0.15, -0.1) is 0 Å². The first-order valence-corrected chi connectivity index (χ1v) is 10.3. The van der Waals surface area contributed by atoms with Gasteiger partial charge in [-0.1, -0.05) is 6.92 Å². The van der Waals surface area contributed by atoms with E-state index in [9.17, 15) is 23.5 Å². The molecule has 1 N–H and O–H groups in total. The number of benzene rings is 2. The van der Waals surface area contributed by atoms with Crippen molar-refractivity contribution in [3.05, 3.63) is 95.3 Å². The summed E-state index contributed by atoms with van der Waals surface area (Å²) in [5.74, 6) is -3.59. The summed E-state index contributed by atoms with van der Waals surface area (Å²) in [5, 5.41) is 11.1. The number of aliphatic hydroxyl groups excluding tert-OH is 1.